The van der Waals surface area contributed by atoms with Crippen LogP contribution >= 0.6 is 24.0 Å². The minimum atomic E-state index is -0.205. The van der Waals surface area contributed by atoms with Crippen molar-refractivity contribution in [3.8, 4) is 0 Å². The number of nitrogens with one attached hydrogen (secondary N) is 2. The smallest absolute Gasteiger partial charge is 0.409 e. The fraction of sp³-hybridized carbons (Fsp3) is 0.895. The molecule has 9 heteroatoms. The fourth-order valence-corrected chi connectivity index (χ4v) is 3.48. The Balaban J connectivity index is 0.00000392. The van der Waals surface area contributed by atoms with Gasteiger partial charge in [-0.1, -0.05) is 0 Å². The Hall–Kier alpha value is -0.810. The number of nitrogens with zero attached hydrogens (tertiary/aromatic N) is 3. The third-order valence-corrected chi connectivity index (χ3v) is 5.20. The van der Waals surface area contributed by atoms with Crippen LogP contribution in [0, 0.1) is 0 Å². The molecule has 0 saturated carbocycles. The van der Waals surface area contributed by atoms with Crippen molar-refractivity contribution < 1.29 is 14.3 Å². The fourth-order valence-electron chi connectivity index (χ4n) is 3.48. The zero-order chi connectivity index (χ0) is 19.7. The summed E-state index contributed by atoms with van der Waals surface area (Å²) in [5.41, 5.74) is -0.000589. The van der Waals surface area contributed by atoms with Crippen LogP contribution in [0.25, 0.3) is 0 Å². The van der Waals surface area contributed by atoms with Crippen LogP contribution < -0.4 is 10.6 Å². The minimum Gasteiger partial charge on any atom is -0.450 e. The molecule has 2 rings (SSSR count). The van der Waals surface area contributed by atoms with Crippen molar-refractivity contribution in [1.82, 2.24) is 20.4 Å². The van der Waals surface area contributed by atoms with Crippen LogP contribution in [0.1, 0.15) is 40.5 Å². The van der Waals surface area contributed by atoms with Gasteiger partial charge in [-0.15, -0.1) is 24.0 Å². The lowest BCUT2D eigenvalue weighted by atomic mass is 10.0. The normalized spacial score (nSPS) is 19.7. The Morgan fingerprint density at radius 1 is 1.18 bits per heavy atom. The lowest BCUT2D eigenvalue weighted by Crippen LogP contribution is -2.53. The van der Waals surface area contributed by atoms with Crippen molar-refractivity contribution >= 4 is 36.0 Å². The average molecular weight is 511 g/mol. The van der Waals surface area contributed by atoms with Gasteiger partial charge in [0, 0.05) is 44.3 Å². The Morgan fingerprint density at radius 2 is 1.82 bits per heavy atom. The van der Waals surface area contributed by atoms with Crippen LogP contribution in [0.2, 0.25) is 0 Å². The third kappa shape index (κ3) is 7.90. The Morgan fingerprint density at radius 3 is 2.39 bits per heavy atom. The number of hydrogen-bond donors (Lipinski definition) is 2. The number of amides is 1. The maximum atomic E-state index is 11.8. The number of rotatable bonds is 6. The third-order valence-electron chi connectivity index (χ3n) is 5.20. The largest absolute Gasteiger partial charge is 0.450 e. The van der Waals surface area contributed by atoms with Gasteiger partial charge in [0.1, 0.15) is 0 Å². The summed E-state index contributed by atoms with van der Waals surface area (Å²) in [5, 5.41) is 6.89. The molecule has 0 bridgehead atoms. The van der Waals surface area contributed by atoms with E-state index in [9.17, 15) is 4.79 Å². The maximum Gasteiger partial charge on any atom is 0.409 e. The number of morpholine rings is 1. The molecule has 8 nitrogen and oxygen atoms in total. The van der Waals surface area contributed by atoms with E-state index in [0.717, 1.165) is 71.3 Å². The zero-order valence-corrected chi connectivity index (χ0v) is 20.2. The second-order valence-corrected chi connectivity index (χ2v) is 7.71. The molecular formula is C19H38IN5O3. The monoisotopic (exact) mass is 511 g/mol. The van der Waals surface area contributed by atoms with Crippen LogP contribution in [-0.4, -0.2) is 92.5 Å². The number of halogens is 1. The van der Waals surface area contributed by atoms with E-state index in [1.54, 1.807) is 4.90 Å². The minimum absolute atomic E-state index is 0. The lowest BCUT2D eigenvalue weighted by molar-refractivity contribution is -0.00684. The SMILES string of the molecule is CCNC(=NCC(C)(C)N1CCOCC1)NC1CCN(C(=O)OCC)CC1.I. The van der Waals surface area contributed by atoms with E-state index in [2.05, 4.69) is 36.3 Å². The molecule has 0 unspecified atom stereocenters. The number of hydrogen-bond acceptors (Lipinski definition) is 5. The van der Waals surface area contributed by atoms with Gasteiger partial charge in [0.2, 0.25) is 0 Å². The van der Waals surface area contributed by atoms with E-state index < -0.39 is 0 Å². The number of carbonyl (C=O) groups is 1. The first-order valence-corrected chi connectivity index (χ1v) is 10.3. The molecule has 2 fully saturated rings. The summed E-state index contributed by atoms with van der Waals surface area (Å²) in [4.78, 5) is 20.9. The van der Waals surface area contributed by atoms with Gasteiger partial charge in [0.25, 0.3) is 0 Å². The Bertz CT molecular complexity index is 490. The van der Waals surface area contributed by atoms with Crippen molar-refractivity contribution in [3.05, 3.63) is 0 Å². The van der Waals surface area contributed by atoms with Gasteiger partial charge in [-0.3, -0.25) is 9.89 Å². The number of aliphatic imine (C=N–C) groups is 1. The summed E-state index contributed by atoms with van der Waals surface area (Å²) in [6.07, 6.45) is 1.59. The van der Waals surface area contributed by atoms with Gasteiger partial charge in [-0.25, -0.2) is 4.79 Å². The van der Waals surface area contributed by atoms with Crippen molar-refractivity contribution in [2.75, 3.05) is 59.1 Å². The molecule has 0 aromatic heterocycles. The molecule has 1 amide bonds. The molecule has 2 N–H and O–H groups in total. The van der Waals surface area contributed by atoms with Crippen LogP contribution in [0.3, 0.4) is 0 Å². The summed E-state index contributed by atoms with van der Waals surface area (Å²) < 4.78 is 10.5. The lowest BCUT2D eigenvalue weighted by Gasteiger charge is -2.40. The molecule has 2 aliphatic rings. The highest BCUT2D eigenvalue weighted by Crippen LogP contribution is 2.17. The summed E-state index contributed by atoms with van der Waals surface area (Å²) in [7, 11) is 0. The Labute approximate surface area is 186 Å². The predicted octanol–water partition coefficient (Wildman–Crippen LogP) is 1.89. The molecule has 2 aliphatic heterocycles. The topological polar surface area (TPSA) is 78.4 Å². The predicted molar refractivity (Wildman–Crippen MR) is 123 cm³/mol. The van der Waals surface area contributed by atoms with E-state index in [-0.39, 0.29) is 35.6 Å². The number of likely N-dealkylation sites (tertiary alicyclic amines) is 1. The average Bonchev–Trinajstić information content (AvgIpc) is 2.68. The van der Waals surface area contributed by atoms with Gasteiger partial charge in [0.15, 0.2) is 5.96 Å². The standard InChI is InChI=1S/C19H37N5O3.HI/c1-5-20-17(21-15-19(3,4)24-11-13-26-14-12-24)22-16-7-9-23(10-8-16)18(25)27-6-2;/h16H,5-15H2,1-4H3,(H2,20,21,22);1H. The second kappa shape index (κ2) is 12.7. The molecule has 0 aromatic carbocycles. The van der Waals surface area contributed by atoms with Crippen LogP contribution in [-0.2, 0) is 9.47 Å². The number of guanidine groups is 1. The van der Waals surface area contributed by atoms with Gasteiger partial charge in [-0.2, -0.15) is 0 Å². The van der Waals surface area contributed by atoms with E-state index in [1.165, 1.54) is 0 Å². The number of ether oxygens (including phenoxy) is 2. The summed E-state index contributed by atoms with van der Waals surface area (Å²) in [5.74, 6) is 0.855. The molecule has 28 heavy (non-hydrogen) atoms. The van der Waals surface area contributed by atoms with E-state index >= 15 is 0 Å². The molecule has 0 aliphatic carbocycles. The number of carbonyl (C=O) groups excluding carboxylic acids is 1. The first-order chi connectivity index (χ1) is 13.0. The van der Waals surface area contributed by atoms with Crippen LogP contribution in [0.5, 0.6) is 0 Å². The maximum absolute atomic E-state index is 11.8. The zero-order valence-electron chi connectivity index (χ0n) is 17.8. The van der Waals surface area contributed by atoms with E-state index in [1.807, 2.05) is 6.92 Å². The molecular weight excluding hydrogens is 473 g/mol. The molecule has 0 aromatic rings. The first kappa shape index (κ1) is 25.2. The second-order valence-electron chi connectivity index (χ2n) is 7.71. The van der Waals surface area contributed by atoms with E-state index in [4.69, 9.17) is 14.5 Å². The highest BCUT2D eigenvalue weighted by atomic mass is 127. The van der Waals surface area contributed by atoms with Crippen molar-refractivity contribution in [3.63, 3.8) is 0 Å². The van der Waals surface area contributed by atoms with Crippen molar-refractivity contribution in [2.24, 2.45) is 4.99 Å². The van der Waals surface area contributed by atoms with Crippen molar-refractivity contribution in [2.45, 2.75) is 52.1 Å². The molecule has 164 valence electrons. The Kier molecular flexibility index (Phi) is 11.4. The molecule has 2 saturated heterocycles. The van der Waals surface area contributed by atoms with Crippen LogP contribution in [0.15, 0.2) is 4.99 Å². The molecule has 2 heterocycles. The van der Waals surface area contributed by atoms with Crippen molar-refractivity contribution in [1.29, 1.82) is 0 Å². The highest BCUT2D eigenvalue weighted by molar-refractivity contribution is 14.0. The summed E-state index contributed by atoms with van der Waals surface area (Å²) in [6, 6.07) is 0.319. The molecule has 0 atom stereocenters. The van der Waals surface area contributed by atoms with Gasteiger partial charge in [-0.05, 0) is 40.5 Å². The van der Waals surface area contributed by atoms with Gasteiger partial charge in [0.05, 0.1) is 26.4 Å². The van der Waals surface area contributed by atoms with Crippen LogP contribution in [0.4, 0.5) is 4.79 Å². The van der Waals surface area contributed by atoms with Gasteiger partial charge < -0.3 is 25.0 Å². The molecule has 0 radical (unpaired) electrons. The van der Waals surface area contributed by atoms with E-state index in [0.29, 0.717) is 12.6 Å². The number of piperidine rings is 1. The summed E-state index contributed by atoms with van der Waals surface area (Å²) in [6.45, 7) is 15.3. The van der Waals surface area contributed by atoms with Gasteiger partial charge >= 0.3 is 6.09 Å². The quantitative estimate of drug-likeness (QED) is 0.322. The summed E-state index contributed by atoms with van der Waals surface area (Å²) >= 11 is 0. The highest BCUT2D eigenvalue weighted by Gasteiger charge is 2.28. The first-order valence-electron chi connectivity index (χ1n) is 10.3. The molecule has 0 spiro atoms.